The van der Waals surface area contributed by atoms with Gasteiger partial charge in [-0.05, 0) is 12.8 Å². The van der Waals surface area contributed by atoms with Gasteiger partial charge in [-0.2, -0.15) is 18.3 Å². The molecule has 0 aliphatic carbocycles. The van der Waals surface area contributed by atoms with Crippen LogP contribution >= 0.6 is 0 Å². The Kier molecular flexibility index (Phi) is 5.61. The van der Waals surface area contributed by atoms with Crippen LogP contribution in [0, 0.1) is 0 Å². The number of ether oxygens (including phenoxy) is 1. The van der Waals surface area contributed by atoms with Crippen LogP contribution in [0.25, 0.3) is 0 Å². The van der Waals surface area contributed by atoms with Crippen molar-refractivity contribution in [2.75, 3.05) is 30.4 Å². The van der Waals surface area contributed by atoms with Crippen molar-refractivity contribution in [2.45, 2.75) is 25.1 Å². The van der Waals surface area contributed by atoms with Crippen LogP contribution in [0.3, 0.4) is 0 Å². The maximum atomic E-state index is 12.8. The molecule has 0 bridgehead atoms. The Balaban J connectivity index is 1.62. The van der Waals surface area contributed by atoms with Crippen LogP contribution in [0.4, 0.5) is 29.3 Å². The first-order valence-corrected chi connectivity index (χ1v) is 8.68. The number of amides is 2. The van der Waals surface area contributed by atoms with E-state index in [-0.39, 0.29) is 17.5 Å². The van der Waals surface area contributed by atoms with Gasteiger partial charge in [-0.3, -0.25) is 4.68 Å². The molecule has 0 spiro atoms. The lowest BCUT2D eigenvalue weighted by Gasteiger charge is -2.33. The Morgan fingerprint density at radius 3 is 2.79 bits per heavy atom. The molecule has 8 nitrogen and oxygen atoms in total. The number of rotatable bonds is 4. The molecular formula is C17H21F3N6O2. The van der Waals surface area contributed by atoms with E-state index in [1.807, 2.05) is 13.2 Å². The van der Waals surface area contributed by atoms with Crippen LogP contribution in [0.5, 0.6) is 5.75 Å². The molecule has 3 rings (SSSR count). The van der Waals surface area contributed by atoms with Crippen LogP contribution in [-0.4, -0.2) is 47.0 Å². The van der Waals surface area contributed by atoms with E-state index in [9.17, 15) is 18.0 Å². The molecule has 2 N–H and O–H groups in total. The smallest absolute Gasteiger partial charge is 0.433 e. The van der Waals surface area contributed by atoms with Crippen LogP contribution in [0.15, 0.2) is 24.7 Å². The summed E-state index contributed by atoms with van der Waals surface area (Å²) in [5, 5.41) is 9.50. The fraction of sp³-hybridized carbons (Fsp3) is 0.471. The molecule has 2 aromatic rings. The highest BCUT2D eigenvalue weighted by Crippen LogP contribution is 2.33. The summed E-state index contributed by atoms with van der Waals surface area (Å²) >= 11 is 0. The number of halogens is 3. The highest BCUT2D eigenvalue weighted by Gasteiger charge is 2.33. The summed E-state index contributed by atoms with van der Waals surface area (Å²) in [4.78, 5) is 17.8. The fourth-order valence-electron chi connectivity index (χ4n) is 3.10. The molecule has 1 fully saturated rings. The Morgan fingerprint density at radius 2 is 2.14 bits per heavy atom. The second-order valence-corrected chi connectivity index (χ2v) is 6.52. The molecule has 0 saturated carbocycles. The number of carbonyl (C=O) groups excluding carboxylic acids is 1. The summed E-state index contributed by atoms with van der Waals surface area (Å²) in [5.74, 6) is -0.113. The number of carbonyl (C=O) groups is 1. The second kappa shape index (κ2) is 7.95. The number of pyridine rings is 1. The number of hydrogen-bond donors (Lipinski definition) is 2. The Morgan fingerprint density at radius 1 is 1.36 bits per heavy atom. The third kappa shape index (κ3) is 4.65. The molecular weight excluding hydrogens is 377 g/mol. The average molecular weight is 398 g/mol. The standard InChI is InChI=1S/C17H21F3N6O2/c1-25-10-12(7-22-25)26-5-3-4-11(9-26)23-16(27)24-13-8-21-15(17(18,19)20)6-14(13)28-2/h6-8,10-11H,3-5,9H2,1-2H3,(H2,23,24,27). The summed E-state index contributed by atoms with van der Waals surface area (Å²) in [7, 11) is 3.06. The lowest BCUT2D eigenvalue weighted by Crippen LogP contribution is -2.49. The normalized spacial score (nSPS) is 17.3. The fourth-order valence-corrected chi connectivity index (χ4v) is 3.10. The minimum Gasteiger partial charge on any atom is -0.494 e. The molecule has 1 atom stereocenters. The number of methoxy groups -OCH3 is 1. The van der Waals surface area contributed by atoms with Crippen molar-refractivity contribution in [1.29, 1.82) is 0 Å². The number of aromatic nitrogens is 3. The van der Waals surface area contributed by atoms with Crippen LogP contribution in [0.2, 0.25) is 0 Å². The van der Waals surface area contributed by atoms with Crippen molar-refractivity contribution in [3.8, 4) is 5.75 Å². The first-order valence-electron chi connectivity index (χ1n) is 8.68. The molecule has 152 valence electrons. The van der Waals surface area contributed by atoms with E-state index in [0.717, 1.165) is 37.3 Å². The van der Waals surface area contributed by atoms with E-state index in [1.54, 1.807) is 10.9 Å². The SMILES string of the molecule is COc1cc(C(F)(F)F)ncc1NC(=O)NC1CCCN(c2cnn(C)c2)C1. The first kappa shape index (κ1) is 19.8. The van der Waals surface area contributed by atoms with Crippen molar-refractivity contribution < 1.29 is 22.7 Å². The van der Waals surface area contributed by atoms with Crippen molar-refractivity contribution in [1.82, 2.24) is 20.1 Å². The lowest BCUT2D eigenvalue weighted by molar-refractivity contribution is -0.141. The van der Waals surface area contributed by atoms with Gasteiger partial charge in [-0.1, -0.05) is 0 Å². The number of nitrogens with one attached hydrogen (secondary N) is 2. The third-order valence-electron chi connectivity index (χ3n) is 4.44. The Hall–Kier alpha value is -2.98. The average Bonchev–Trinajstić information content (AvgIpc) is 3.07. The predicted molar refractivity (Wildman–Crippen MR) is 96.4 cm³/mol. The molecule has 3 heterocycles. The molecule has 1 aliphatic rings. The summed E-state index contributed by atoms with van der Waals surface area (Å²) in [6, 6.07) is 0.112. The second-order valence-electron chi connectivity index (χ2n) is 6.52. The van der Waals surface area contributed by atoms with Gasteiger partial charge < -0.3 is 20.3 Å². The molecule has 0 aromatic carbocycles. The summed E-state index contributed by atoms with van der Waals surface area (Å²) in [6.45, 7) is 1.48. The Labute approximate surface area is 159 Å². The Bertz CT molecular complexity index is 839. The molecule has 0 radical (unpaired) electrons. The van der Waals surface area contributed by atoms with E-state index in [4.69, 9.17) is 4.74 Å². The van der Waals surface area contributed by atoms with Gasteiger partial charge in [0.05, 0.1) is 25.2 Å². The number of nitrogens with zero attached hydrogens (tertiary/aromatic N) is 4. The number of piperidine rings is 1. The van der Waals surface area contributed by atoms with E-state index in [0.29, 0.717) is 6.54 Å². The molecule has 28 heavy (non-hydrogen) atoms. The lowest BCUT2D eigenvalue weighted by atomic mass is 10.1. The van der Waals surface area contributed by atoms with Crippen LogP contribution in [-0.2, 0) is 13.2 Å². The molecule has 2 aromatic heterocycles. The van der Waals surface area contributed by atoms with E-state index < -0.39 is 17.9 Å². The highest BCUT2D eigenvalue weighted by atomic mass is 19.4. The van der Waals surface area contributed by atoms with Crippen LogP contribution in [0.1, 0.15) is 18.5 Å². The predicted octanol–water partition coefficient (Wildman–Crippen LogP) is 2.63. The topological polar surface area (TPSA) is 84.3 Å². The minimum atomic E-state index is -4.59. The van der Waals surface area contributed by atoms with Gasteiger partial charge in [0.15, 0.2) is 0 Å². The zero-order valence-electron chi connectivity index (χ0n) is 15.5. The van der Waals surface area contributed by atoms with Crippen LogP contribution < -0.4 is 20.3 Å². The number of hydrogen-bond acceptors (Lipinski definition) is 5. The summed E-state index contributed by atoms with van der Waals surface area (Å²) in [6.07, 6.45) is 1.70. The first-order chi connectivity index (χ1) is 13.3. The molecule has 11 heteroatoms. The van der Waals surface area contributed by atoms with Gasteiger partial charge in [0.2, 0.25) is 0 Å². The van der Waals surface area contributed by atoms with Crippen molar-refractivity contribution in [2.24, 2.45) is 7.05 Å². The largest absolute Gasteiger partial charge is 0.494 e. The van der Waals surface area contributed by atoms with Crippen molar-refractivity contribution in [3.63, 3.8) is 0 Å². The van der Waals surface area contributed by atoms with Gasteiger partial charge in [0.1, 0.15) is 17.1 Å². The maximum Gasteiger partial charge on any atom is 0.433 e. The highest BCUT2D eigenvalue weighted by molar-refractivity contribution is 5.91. The summed E-state index contributed by atoms with van der Waals surface area (Å²) < 4.78 is 44.9. The van der Waals surface area contributed by atoms with Gasteiger partial charge in [0.25, 0.3) is 0 Å². The number of anilines is 2. The zero-order chi connectivity index (χ0) is 20.3. The van der Waals surface area contributed by atoms with E-state index in [2.05, 4.69) is 25.6 Å². The van der Waals surface area contributed by atoms with Crippen molar-refractivity contribution >= 4 is 17.4 Å². The van der Waals surface area contributed by atoms with Gasteiger partial charge in [-0.25, -0.2) is 9.78 Å². The minimum absolute atomic E-state index is 0.0629. The summed E-state index contributed by atoms with van der Waals surface area (Å²) in [5.41, 5.74) is -0.0503. The third-order valence-corrected chi connectivity index (χ3v) is 4.44. The molecule has 1 saturated heterocycles. The molecule has 2 amide bonds. The monoisotopic (exact) mass is 398 g/mol. The quantitative estimate of drug-likeness (QED) is 0.827. The van der Waals surface area contributed by atoms with Gasteiger partial charge >= 0.3 is 12.2 Å². The molecule has 1 aliphatic heterocycles. The number of alkyl halides is 3. The number of urea groups is 1. The zero-order valence-corrected chi connectivity index (χ0v) is 15.5. The van der Waals surface area contributed by atoms with Gasteiger partial charge in [-0.15, -0.1) is 0 Å². The van der Waals surface area contributed by atoms with Crippen molar-refractivity contribution in [3.05, 3.63) is 30.4 Å². The maximum absolute atomic E-state index is 12.8. The van der Waals surface area contributed by atoms with E-state index >= 15 is 0 Å². The van der Waals surface area contributed by atoms with E-state index in [1.165, 1.54) is 7.11 Å². The molecule has 1 unspecified atom stereocenters. The van der Waals surface area contributed by atoms with Gasteiger partial charge in [0, 0.05) is 38.4 Å². The number of aryl methyl sites for hydroxylation is 1.